The lowest BCUT2D eigenvalue weighted by atomic mass is 10.0. The van der Waals surface area contributed by atoms with Gasteiger partial charge in [-0.1, -0.05) is 37.6 Å². The van der Waals surface area contributed by atoms with Gasteiger partial charge in [-0.05, 0) is 35.2 Å². The average molecular weight is 408 g/mol. The zero-order valence-electron chi connectivity index (χ0n) is 17.3. The summed E-state index contributed by atoms with van der Waals surface area (Å²) in [5, 5.41) is 0.903. The number of carbonyl (C=O) groups is 1. The van der Waals surface area contributed by atoms with Gasteiger partial charge in [-0.15, -0.1) is 0 Å². The van der Waals surface area contributed by atoms with Crippen LogP contribution in [0.5, 0.6) is 5.75 Å². The molecule has 0 spiro atoms. The standard InChI is InChI=1S/C24H24O6/c1-4-7-16-12-23(25)30-22-13-18(10-11-20(16)22)29-14-17-8-5-6-9-19(17)21(15-27-2)24(26)28-3/h5-6,8-13,15H,4,7,14H2,1-3H3/b21-15+. The van der Waals surface area contributed by atoms with Gasteiger partial charge >= 0.3 is 11.6 Å². The predicted molar refractivity (Wildman–Crippen MR) is 114 cm³/mol. The summed E-state index contributed by atoms with van der Waals surface area (Å²) in [6.45, 7) is 2.27. The molecule has 0 atom stereocenters. The predicted octanol–water partition coefficient (Wildman–Crippen LogP) is 4.48. The van der Waals surface area contributed by atoms with Crippen LogP contribution in [0, 0.1) is 0 Å². The number of aryl methyl sites for hydroxylation is 1. The van der Waals surface area contributed by atoms with Crippen LogP contribution in [0.3, 0.4) is 0 Å². The number of hydrogen-bond acceptors (Lipinski definition) is 6. The first kappa shape index (κ1) is 21.2. The van der Waals surface area contributed by atoms with Gasteiger partial charge in [-0.2, -0.15) is 0 Å². The van der Waals surface area contributed by atoms with Crippen LogP contribution >= 0.6 is 0 Å². The van der Waals surface area contributed by atoms with Crippen molar-refractivity contribution in [3.8, 4) is 5.75 Å². The lowest BCUT2D eigenvalue weighted by Crippen LogP contribution is -2.08. The Hall–Kier alpha value is -3.54. The minimum atomic E-state index is -0.500. The lowest BCUT2D eigenvalue weighted by Gasteiger charge is -2.13. The number of fused-ring (bicyclic) bond motifs is 1. The largest absolute Gasteiger partial charge is 0.503 e. The van der Waals surface area contributed by atoms with Crippen molar-refractivity contribution in [2.45, 2.75) is 26.4 Å². The van der Waals surface area contributed by atoms with Gasteiger partial charge in [0.2, 0.25) is 0 Å². The van der Waals surface area contributed by atoms with Gasteiger partial charge in [-0.3, -0.25) is 0 Å². The second-order valence-corrected chi connectivity index (χ2v) is 6.70. The fourth-order valence-electron chi connectivity index (χ4n) is 3.30. The molecule has 0 amide bonds. The Morgan fingerprint density at radius 2 is 1.87 bits per heavy atom. The highest BCUT2D eigenvalue weighted by Crippen LogP contribution is 2.26. The smallest absolute Gasteiger partial charge is 0.341 e. The van der Waals surface area contributed by atoms with Crippen molar-refractivity contribution in [3.63, 3.8) is 0 Å². The topological polar surface area (TPSA) is 75.0 Å². The summed E-state index contributed by atoms with van der Waals surface area (Å²) < 4.78 is 21.2. The zero-order valence-corrected chi connectivity index (χ0v) is 17.3. The molecule has 0 saturated heterocycles. The van der Waals surface area contributed by atoms with Crippen LogP contribution in [-0.4, -0.2) is 20.2 Å². The number of benzene rings is 2. The van der Waals surface area contributed by atoms with E-state index in [0.717, 1.165) is 29.4 Å². The Morgan fingerprint density at radius 3 is 2.60 bits per heavy atom. The molecule has 0 unspecified atom stereocenters. The Kier molecular flexibility index (Phi) is 6.91. The molecule has 0 aliphatic heterocycles. The van der Waals surface area contributed by atoms with Crippen molar-refractivity contribution in [3.05, 3.63) is 81.9 Å². The molecule has 3 rings (SSSR count). The quantitative estimate of drug-likeness (QED) is 0.237. The van der Waals surface area contributed by atoms with E-state index in [1.54, 1.807) is 18.2 Å². The summed E-state index contributed by atoms with van der Waals surface area (Å²) in [5.41, 5.74) is 2.82. The molecule has 1 heterocycles. The van der Waals surface area contributed by atoms with E-state index in [0.29, 0.717) is 22.5 Å². The Morgan fingerprint density at radius 1 is 1.07 bits per heavy atom. The minimum absolute atomic E-state index is 0.207. The molecule has 0 radical (unpaired) electrons. The number of hydrogen-bond donors (Lipinski definition) is 0. The first-order chi connectivity index (χ1) is 14.6. The minimum Gasteiger partial charge on any atom is -0.503 e. The molecule has 0 aliphatic rings. The van der Waals surface area contributed by atoms with E-state index in [9.17, 15) is 9.59 Å². The number of ether oxygens (including phenoxy) is 3. The van der Waals surface area contributed by atoms with Crippen molar-refractivity contribution in [1.29, 1.82) is 0 Å². The summed E-state index contributed by atoms with van der Waals surface area (Å²) in [6, 6.07) is 14.3. The van der Waals surface area contributed by atoms with E-state index in [1.165, 1.54) is 20.5 Å². The maximum atomic E-state index is 12.1. The first-order valence-electron chi connectivity index (χ1n) is 9.66. The Labute approximate surface area is 174 Å². The van der Waals surface area contributed by atoms with Gasteiger partial charge in [0.05, 0.1) is 20.5 Å². The highest BCUT2D eigenvalue weighted by atomic mass is 16.5. The van der Waals surface area contributed by atoms with E-state index in [4.69, 9.17) is 18.6 Å². The summed E-state index contributed by atoms with van der Waals surface area (Å²) >= 11 is 0. The molecular formula is C24H24O6. The fourth-order valence-corrected chi connectivity index (χ4v) is 3.30. The van der Waals surface area contributed by atoms with Gasteiger partial charge in [0, 0.05) is 17.5 Å². The van der Waals surface area contributed by atoms with Crippen LogP contribution in [0.25, 0.3) is 16.5 Å². The van der Waals surface area contributed by atoms with Gasteiger partial charge in [0.15, 0.2) is 0 Å². The van der Waals surface area contributed by atoms with Crippen LogP contribution < -0.4 is 10.4 Å². The normalized spacial score (nSPS) is 11.4. The van der Waals surface area contributed by atoms with Gasteiger partial charge in [0.25, 0.3) is 0 Å². The van der Waals surface area contributed by atoms with Crippen molar-refractivity contribution in [2.75, 3.05) is 14.2 Å². The molecule has 156 valence electrons. The van der Waals surface area contributed by atoms with Crippen LogP contribution in [0.2, 0.25) is 0 Å². The molecule has 2 aromatic carbocycles. The van der Waals surface area contributed by atoms with Crippen LogP contribution in [0.4, 0.5) is 0 Å². The molecule has 3 aromatic rings. The second kappa shape index (κ2) is 9.78. The van der Waals surface area contributed by atoms with E-state index in [1.807, 2.05) is 30.3 Å². The second-order valence-electron chi connectivity index (χ2n) is 6.70. The molecule has 30 heavy (non-hydrogen) atoms. The summed E-state index contributed by atoms with van der Waals surface area (Å²) in [6.07, 6.45) is 3.09. The third kappa shape index (κ3) is 4.71. The molecule has 6 nitrogen and oxygen atoms in total. The first-order valence-corrected chi connectivity index (χ1v) is 9.66. The molecule has 0 bridgehead atoms. The SMILES string of the molecule is CCCc1cc(=O)oc2cc(OCc3ccccc3/C(=C\OC)C(=O)OC)ccc12. The monoisotopic (exact) mass is 408 g/mol. The number of esters is 1. The number of carbonyl (C=O) groups excluding carboxylic acids is 1. The highest BCUT2D eigenvalue weighted by molar-refractivity contribution is 6.16. The summed E-state index contributed by atoms with van der Waals surface area (Å²) in [7, 11) is 2.79. The molecule has 0 aliphatic carbocycles. The van der Waals surface area contributed by atoms with Crippen molar-refractivity contribution < 1.29 is 23.4 Å². The van der Waals surface area contributed by atoms with E-state index in [2.05, 4.69) is 6.92 Å². The summed E-state index contributed by atoms with van der Waals surface area (Å²) in [4.78, 5) is 24.0. The Balaban J connectivity index is 1.89. The van der Waals surface area contributed by atoms with Crippen molar-refractivity contribution in [2.24, 2.45) is 0 Å². The van der Waals surface area contributed by atoms with Gasteiger partial charge in [0.1, 0.15) is 23.5 Å². The fraction of sp³-hybridized carbons (Fsp3) is 0.250. The van der Waals surface area contributed by atoms with Crippen molar-refractivity contribution in [1.82, 2.24) is 0 Å². The molecule has 0 fully saturated rings. The van der Waals surface area contributed by atoms with E-state index in [-0.39, 0.29) is 12.2 Å². The van der Waals surface area contributed by atoms with Gasteiger partial charge in [-0.25, -0.2) is 9.59 Å². The lowest BCUT2D eigenvalue weighted by molar-refractivity contribution is -0.133. The summed E-state index contributed by atoms with van der Waals surface area (Å²) in [5.74, 6) is 0.0599. The molecule has 1 aromatic heterocycles. The average Bonchev–Trinajstić information content (AvgIpc) is 2.75. The molecule has 0 saturated carbocycles. The third-order valence-electron chi connectivity index (χ3n) is 4.66. The highest BCUT2D eigenvalue weighted by Gasteiger charge is 2.17. The molecular weight excluding hydrogens is 384 g/mol. The van der Waals surface area contributed by atoms with Crippen LogP contribution in [0.1, 0.15) is 30.0 Å². The maximum Gasteiger partial charge on any atom is 0.341 e. The number of rotatable bonds is 8. The van der Waals surface area contributed by atoms with Crippen LogP contribution in [-0.2, 0) is 27.3 Å². The molecule has 0 N–H and O–H groups in total. The van der Waals surface area contributed by atoms with E-state index >= 15 is 0 Å². The third-order valence-corrected chi connectivity index (χ3v) is 4.66. The maximum absolute atomic E-state index is 12.1. The van der Waals surface area contributed by atoms with Gasteiger partial charge < -0.3 is 18.6 Å². The Bertz CT molecular complexity index is 1130. The molecule has 6 heteroatoms. The number of methoxy groups -OCH3 is 2. The van der Waals surface area contributed by atoms with E-state index < -0.39 is 5.97 Å². The zero-order chi connectivity index (χ0) is 21.5. The van der Waals surface area contributed by atoms with Crippen molar-refractivity contribution >= 4 is 22.5 Å². The van der Waals surface area contributed by atoms with Crippen LogP contribution in [0.15, 0.2) is 64.0 Å².